The molecule has 4 nitrogen and oxygen atoms in total. The number of carbonyl (C=O) groups excluding carboxylic acids is 1. The van der Waals surface area contributed by atoms with Gasteiger partial charge < -0.3 is 15.8 Å². The Morgan fingerprint density at radius 1 is 1.43 bits per heavy atom. The molecule has 2 unspecified atom stereocenters. The lowest BCUT2D eigenvalue weighted by Gasteiger charge is -2.29. The van der Waals surface area contributed by atoms with Crippen molar-refractivity contribution in [3.8, 4) is 5.75 Å². The Hall–Kier alpha value is -1.55. The van der Waals surface area contributed by atoms with E-state index in [9.17, 15) is 4.79 Å². The van der Waals surface area contributed by atoms with E-state index in [1.54, 1.807) is 0 Å². The standard InChI is InChI=1S/C17H26N2O2/c1-4-13-5-7-14(8-6-13)21-15-9-10-17(11-15,16(18)20)19-12(2)3/h5-8,12,15,19H,4,9-11H2,1-3H3,(H2,18,20). The Balaban J connectivity index is 2.01. The molecule has 0 aliphatic heterocycles. The van der Waals surface area contributed by atoms with Crippen molar-refractivity contribution >= 4 is 5.91 Å². The summed E-state index contributed by atoms with van der Waals surface area (Å²) in [5.41, 5.74) is 6.29. The largest absolute Gasteiger partial charge is 0.490 e. The first kappa shape index (κ1) is 15.8. The van der Waals surface area contributed by atoms with E-state index in [0.717, 1.165) is 25.0 Å². The molecule has 3 N–H and O–H groups in total. The molecule has 2 atom stereocenters. The second-order valence-corrected chi connectivity index (χ2v) is 6.23. The van der Waals surface area contributed by atoms with Crippen molar-refractivity contribution in [2.75, 3.05) is 0 Å². The van der Waals surface area contributed by atoms with Gasteiger partial charge in [-0.3, -0.25) is 4.79 Å². The molecule has 0 spiro atoms. The van der Waals surface area contributed by atoms with E-state index in [-0.39, 0.29) is 18.1 Å². The fourth-order valence-corrected chi connectivity index (χ4v) is 3.08. The molecule has 0 aromatic heterocycles. The van der Waals surface area contributed by atoms with Gasteiger partial charge in [-0.1, -0.05) is 19.1 Å². The van der Waals surface area contributed by atoms with Gasteiger partial charge in [-0.15, -0.1) is 0 Å². The zero-order valence-corrected chi connectivity index (χ0v) is 13.2. The first-order chi connectivity index (χ1) is 9.95. The molecule has 0 saturated heterocycles. The summed E-state index contributed by atoms with van der Waals surface area (Å²) in [5, 5.41) is 3.33. The highest BCUT2D eigenvalue weighted by molar-refractivity contribution is 5.85. The smallest absolute Gasteiger partial charge is 0.237 e. The first-order valence-electron chi connectivity index (χ1n) is 7.78. The Labute approximate surface area is 127 Å². The number of primary amides is 1. The van der Waals surface area contributed by atoms with Crippen LogP contribution in [0.25, 0.3) is 0 Å². The number of nitrogens with one attached hydrogen (secondary N) is 1. The number of aryl methyl sites for hydroxylation is 1. The van der Waals surface area contributed by atoms with E-state index in [1.807, 2.05) is 26.0 Å². The van der Waals surface area contributed by atoms with Gasteiger partial charge in [0.05, 0.1) is 0 Å². The number of hydrogen-bond donors (Lipinski definition) is 2. The van der Waals surface area contributed by atoms with Gasteiger partial charge in [-0.2, -0.15) is 0 Å². The second-order valence-electron chi connectivity index (χ2n) is 6.23. The summed E-state index contributed by atoms with van der Waals surface area (Å²) in [4.78, 5) is 11.8. The van der Waals surface area contributed by atoms with E-state index in [1.165, 1.54) is 5.56 Å². The third-order valence-corrected chi connectivity index (χ3v) is 4.14. The van der Waals surface area contributed by atoms with E-state index in [4.69, 9.17) is 10.5 Å². The summed E-state index contributed by atoms with van der Waals surface area (Å²) >= 11 is 0. The van der Waals surface area contributed by atoms with E-state index in [2.05, 4.69) is 24.4 Å². The highest BCUT2D eigenvalue weighted by atomic mass is 16.5. The molecule has 1 amide bonds. The van der Waals surface area contributed by atoms with Crippen LogP contribution in [0.2, 0.25) is 0 Å². The number of nitrogens with two attached hydrogens (primary N) is 1. The lowest BCUT2D eigenvalue weighted by molar-refractivity contribution is -0.124. The minimum atomic E-state index is -0.623. The number of carbonyl (C=O) groups is 1. The van der Waals surface area contributed by atoms with Gasteiger partial charge in [0.15, 0.2) is 0 Å². The summed E-state index contributed by atoms with van der Waals surface area (Å²) < 4.78 is 6.01. The number of rotatable bonds is 6. The van der Waals surface area contributed by atoms with E-state index in [0.29, 0.717) is 6.42 Å². The van der Waals surface area contributed by atoms with Gasteiger partial charge in [0.1, 0.15) is 17.4 Å². The van der Waals surface area contributed by atoms with Crippen LogP contribution < -0.4 is 15.8 Å². The Morgan fingerprint density at radius 3 is 2.62 bits per heavy atom. The Kier molecular flexibility index (Phi) is 4.88. The zero-order chi connectivity index (χ0) is 15.5. The number of ether oxygens (including phenoxy) is 1. The third-order valence-electron chi connectivity index (χ3n) is 4.14. The van der Waals surface area contributed by atoms with E-state index < -0.39 is 5.54 Å². The molecule has 1 saturated carbocycles. The van der Waals surface area contributed by atoms with Gasteiger partial charge in [-0.25, -0.2) is 0 Å². The molecule has 0 radical (unpaired) electrons. The molecule has 116 valence electrons. The molecule has 2 rings (SSSR count). The monoisotopic (exact) mass is 290 g/mol. The lowest BCUT2D eigenvalue weighted by Crippen LogP contribution is -2.56. The molecule has 1 aromatic carbocycles. The zero-order valence-electron chi connectivity index (χ0n) is 13.2. The maximum Gasteiger partial charge on any atom is 0.237 e. The number of benzene rings is 1. The minimum Gasteiger partial charge on any atom is -0.490 e. The normalized spacial score (nSPS) is 25.2. The van der Waals surface area contributed by atoms with Crippen molar-refractivity contribution in [1.82, 2.24) is 5.32 Å². The average Bonchev–Trinajstić information content (AvgIpc) is 2.83. The highest BCUT2D eigenvalue weighted by Gasteiger charge is 2.45. The van der Waals surface area contributed by atoms with Crippen LogP contribution in [0.4, 0.5) is 0 Å². The molecule has 1 aromatic rings. The van der Waals surface area contributed by atoms with Crippen LogP contribution in [0.1, 0.15) is 45.6 Å². The van der Waals surface area contributed by atoms with Crippen molar-refractivity contribution in [2.24, 2.45) is 5.73 Å². The minimum absolute atomic E-state index is 0.0382. The average molecular weight is 290 g/mol. The van der Waals surface area contributed by atoms with Crippen molar-refractivity contribution in [2.45, 2.75) is 64.1 Å². The van der Waals surface area contributed by atoms with Gasteiger partial charge in [0.2, 0.25) is 5.91 Å². The van der Waals surface area contributed by atoms with Crippen LogP contribution in [0.3, 0.4) is 0 Å². The van der Waals surface area contributed by atoms with E-state index >= 15 is 0 Å². The number of hydrogen-bond acceptors (Lipinski definition) is 3. The predicted octanol–water partition coefficient (Wildman–Crippen LogP) is 2.40. The summed E-state index contributed by atoms with van der Waals surface area (Å²) in [6, 6.07) is 8.38. The molecule has 0 bridgehead atoms. The SMILES string of the molecule is CCc1ccc(OC2CCC(NC(C)C)(C(N)=O)C2)cc1. The third kappa shape index (κ3) is 3.76. The lowest BCUT2D eigenvalue weighted by atomic mass is 9.95. The summed E-state index contributed by atoms with van der Waals surface area (Å²) in [6.45, 7) is 6.19. The number of amides is 1. The van der Waals surface area contributed by atoms with Crippen LogP contribution >= 0.6 is 0 Å². The van der Waals surface area contributed by atoms with Crippen LogP contribution in [-0.2, 0) is 11.2 Å². The molecule has 1 fully saturated rings. The maximum absolute atomic E-state index is 11.8. The van der Waals surface area contributed by atoms with Crippen LogP contribution in [0.5, 0.6) is 5.75 Å². The van der Waals surface area contributed by atoms with Gasteiger partial charge in [0, 0.05) is 12.5 Å². The molecule has 4 heteroatoms. The molecule has 1 aliphatic carbocycles. The molecule has 21 heavy (non-hydrogen) atoms. The quantitative estimate of drug-likeness (QED) is 0.845. The summed E-state index contributed by atoms with van der Waals surface area (Å²) in [6.07, 6.45) is 3.27. The molecular formula is C17H26N2O2. The molecule has 1 aliphatic rings. The van der Waals surface area contributed by atoms with Crippen LogP contribution in [0.15, 0.2) is 24.3 Å². The molecular weight excluding hydrogens is 264 g/mol. The fourth-order valence-electron chi connectivity index (χ4n) is 3.08. The van der Waals surface area contributed by atoms with Crippen molar-refractivity contribution in [3.05, 3.63) is 29.8 Å². The second kappa shape index (κ2) is 6.48. The van der Waals surface area contributed by atoms with Crippen LogP contribution in [-0.4, -0.2) is 23.6 Å². The van der Waals surface area contributed by atoms with Crippen molar-refractivity contribution in [1.29, 1.82) is 0 Å². The highest BCUT2D eigenvalue weighted by Crippen LogP contribution is 2.33. The Morgan fingerprint density at radius 2 is 2.10 bits per heavy atom. The maximum atomic E-state index is 11.8. The predicted molar refractivity (Wildman–Crippen MR) is 84.3 cm³/mol. The van der Waals surface area contributed by atoms with Gasteiger partial charge in [-0.05, 0) is 50.8 Å². The fraction of sp³-hybridized carbons (Fsp3) is 0.588. The van der Waals surface area contributed by atoms with Crippen LogP contribution in [0, 0.1) is 0 Å². The summed E-state index contributed by atoms with van der Waals surface area (Å²) in [5.74, 6) is 0.589. The van der Waals surface area contributed by atoms with Crippen molar-refractivity contribution in [3.63, 3.8) is 0 Å². The van der Waals surface area contributed by atoms with Gasteiger partial charge >= 0.3 is 0 Å². The van der Waals surface area contributed by atoms with Crippen molar-refractivity contribution < 1.29 is 9.53 Å². The first-order valence-corrected chi connectivity index (χ1v) is 7.78. The molecule has 0 heterocycles. The van der Waals surface area contributed by atoms with Gasteiger partial charge in [0.25, 0.3) is 0 Å². The topological polar surface area (TPSA) is 64.3 Å². The Bertz CT molecular complexity index is 484. The summed E-state index contributed by atoms with van der Waals surface area (Å²) in [7, 11) is 0.